The van der Waals surface area contributed by atoms with E-state index in [1.807, 2.05) is 72.8 Å². The number of alkyl halides is 3. The summed E-state index contributed by atoms with van der Waals surface area (Å²) in [6.45, 7) is 1.24. The third kappa shape index (κ3) is 7.84. The molecule has 1 heterocycles. The Bertz CT molecular complexity index is 1930. The van der Waals surface area contributed by atoms with Crippen LogP contribution in [0.5, 0.6) is 5.75 Å². The van der Waals surface area contributed by atoms with E-state index in [2.05, 4.69) is 15.7 Å². The van der Waals surface area contributed by atoms with Gasteiger partial charge in [-0.1, -0.05) is 60.7 Å². The number of anilines is 1. The summed E-state index contributed by atoms with van der Waals surface area (Å²) in [7, 11) is 0. The van der Waals surface area contributed by atoms with E-state index in [1.165, 1.54) is 59.7 Å². The lowest BCUT2D eigenvalue weighted by molar-refractivity contribution is -0.142. The number of aromatic nitrogens is 2. The number of halogens is 4. The number of hydrogen-bond acceptors (Lipinski definition) is 5. The van der Waals surface area contributed by atoms with Crippen molar-refractivity contribution in [1.82, 2.24) is 15.1 Å². The van der Waals surface area contributed by atoms with Gasteiger partial charge in [0.25, 0.3) is 5.91 Å². The van der Waals surface area contributed by atoms with Gasteiger partial charge >= 0.3 is 6.18 Å². The zero-order valence-corrected chi connectivity index (χ0v) is 27.1. The van der Waals surface area contributed by atoms with Crippen molar-refractivity contribution < 1.29 is 22.7 Å². The van der Waals surface area contributed by atoms with Crippen LogP contribution in [0.4, 0.5) is 18.9 Å². The SMILES string of the molecule is N#Cc1cccc(-n2nc(C(F)(F)F)c(I)c2C(=O)Nc2cccc(C(NCC3CC3)c3cccc(OCc4ccccc4)c3)c2)c1. The molecule has 7 nitrogen and oxygen atoms in total. The molecule has 1 unspecified atom stereocenters. The summed E-state index contributed by atoms with van der Waals surface area (Å²) in [4.78, 5) is 13.7. The molecule has 1 aliphatic rings. The van der Waals surface area contributed by atoms with E-state index in [1.54, 1.807) is 12.1 Å². The predicted molar refractivity (Wildman–Crippen MR) is 180 cm³/mol. The monoisotopic (exact) mass is 747 g/mol. The molecule has 0 bridgehead atoms. The van der Waals surface area contributed by atoms with Crippen molar-refractivity contribution >= 4 is 34.2 Å². The first-order valence-corrected chi connectivity index (χ1v) is 16.0. The highest BCUT2D eigenvalue weighted by Crippen LogP contribution is 2.36. The maximum atomic E-state index is 13.9. The fourth-order valence-corrected chi connectivity index (χ4v) is 6.10. The van der Waals surface area contributed by atoms with Gasteiger partial charge in [0.2, 0.25) is 0 Å². The van der Waals surface area contributed by atoms with Crippen LogP contribution in [0.15, 0.2) is 103 Å². The van der Waals surface area contributed by atoms with Crippen molar-refractivity contribution in [3.63, 3.8) is 0 Å². The Morgan fingerprint density at radius 2 is 1.70 bits per heavy atom. The van der Waals surface area contributed by atoms with Gasteiger partial charge < -0.3 is 15.4 Å². The molecule has 47 heavy (non-hydrogen) atoms. The minimum atomic E-state index is -4.79. The molecule has 1 aliphatic carbocycles. The number of carbonyl (C=O) groups excluding carboxylic acids is 1. The van der Waals surface area contributed by atoms with Crippen LogP contribution in [0.2, 0.25) is 0 Å². The molecule has 0 saturated heterocycles. The number of hydrogen-bond donors (Lipinski definition) is 2. The molecule has 11 heteroatoms. The normalized spacial score (nSPS) is 13.5. The van der Waals surface area contributed by atoms with E-state index in [-0.39, 0.29) is 26.6 Å². The number of amides is 1. The highest BCUT2D eigenvalue weighted by atomic mass is 127. The van der Waals surface area contributed by atoms with E-state index in [4.69, 9.17) is 4.74 Å². The number of benzene rings is 4. The van der Waals surface area contributed by atoms with Crippen LogP contribution in [-0.4, -0.2) is 22.2 Å². The molecule has 238 valence electrons. The molecule has 1 fully saturated rings. The molecule has 1 aromatic heterocycles. The third-order valence-corrected chi connectivity index (χ3v) is 8.78. The fourth-order valence-electron chi connectivity index (χ4n) is 5.22. The molecule has 1 amide bonds. The van der Waals surface area contributed by atoms with Gasteiger partial charge in [-0.25, -0.2) is 4.68 Å². The molecule has 0 radical (unpaired) electrons. The minimum absolute atomic E-state index is 0.162. The second-order valence-corrected chi connectivity index (χ2v) is 12.4. The summed E-state index contributed by atoms with van der Waals surface area (Å²) in [5, 5.41) is 19.5. The molecule has 1 saturated carbocycles. The van der Waals surface area contributed by atoms with Gasteiger partial charge in [-0.05, 0) is 107 Å². The number of nitriles is 1. The van der Waals surface area contributed by atoms with Gasteiger partial charge in [-0.3, -0.25) is 4.79 Å². The number of nitrogens with zero attached hydrogens (tertiary/aromatic N) is 3. The van der Waals surface area contributed by atoms with E-state index in [0.717, 1.165) is 33.7 Å². The zero-order valence-electron chi connectivity index (χ0n) is 25.0. The Kier molecular flexibility index (Phi) is 9.60. The lowest BCUT2D eigenvalue weighted by Crippen LogP contribution is -2.25. The Morgan fingerprint density at radius 3 is 2.43 bits per heavy atom. The van der Waals surface area contributed by atoms with E-state index in [9.17, 15) is 23.2 Å². The summed E-state index contributed by atoms with van der Waals surface area (Å²) in [6.07, 6.45) is -2.46. The Morgan fingerprint density at radius 1 is 0.979 bits per heavy atom. The molecule has 2 N–H and O–H groups in total. The molecule has 6 rings (SSSR count). The van der Waals surface area contributed by atoms with Gasteiger partial charge in [-0.2, -0.15) is 23.5 Å². The highest BCUT2D eigenvalue weighted by Gasteiger charge is 2.40. The van der Waals surface area contributed by atoms with Crippen molar-refractivity contribution in [1.29, 1.82) is 5.26 Å². The Hall–Kier alpha value is -4.67. The summed E-state index contributed by atoms with van der Waals surface area (Å²) < 4.78 is 48.4. The average molecular weight is 748 g/mol. The standard InChI is InChI=1S/C36H29F3IN5O2/c37-36(38,39)34-31(40)33(45(44-34)29-13-4-9-25(17-29)20-41)35(46)43-28-12-5-10-26(18-28)32(42-21-23-15-16-23)27-11-6-14-30(19-27)47-22-24-7-2-1-3-8-24/h1-14,17-19,23,32,42H,15-16,21-22H2,(H,43,46). The van der Waals surface area contributed by atoms with Crippen LogP contribution in [0.1, 0.15) is 57.3 Å². The van der Waals surface area contributed by atoms with E-state index < -0.39 is 17.8 Å². The number of rotatable bonds is 11. The van der Waals surface area contributed by atoms with E-state index >= 15 is 0 Å². The van der Waals surface area contributed by atoms with Crippen molar-refractivity contribution in [3.05, 3.63) is 140 Å². The topological polar surface area (TPSA) is 92.0 Å². The first-order chi connectivity index (χ1) is 22.7. The van der Waals surface area contributed by atoms with Crippen LogP contribution in [-0.2, 0) is 12.8 Å². The smallest absolute Gasteiger partial charge is 0.436 e. The second-order valence-electron chi connectivity index (χ2n) is 11.3. The first kappa shape index (κ1) is 32.3. The molecular weight excluding hydrogens is 718 g/mol. The minimum Gasteiger partial charge on any atom is -0.489 e. The van der Waals surface area contributed by atoms with Gasteiger partial charge in [0, 0.05) is 5.69 Å². The van der Waals surface area contributed by atoms with Crippen molar-refractivity contribution in [2.45, 2.75) is 31.7 Å². The Balaban J connectivity index is 1.29. The fraction of sp³-hybridized carbons (Fsp3) is 0.194. The Labute approximate surface area is 283 Å². The number of nitrogens with one attached hydrogen (secondary N) is 2. The van der Waals surface area contributed by atoms with Crippen molar-refractivity contribution in [2.24, 2.45) is 5.92 Å². The average Bonchev–Trinajstić information content (AvgIpc) is 3.83. The van der Waals surface area contributed by atoms with Gasteiger partial charge in [-0.15, -0.1) is 0 Å². The molecule has 4 aromatic carbocycles. The highest BCUT2D eigenvalue weighted by molar-refractivity contribution is 14.1. The van der Waals surface area contributed by atoms with Gasteiger partial charge in [0.1, 0.15) is 18.1 Å². The number of ether oxygens (including phenoxy) is 1. The zero-order chi connectivity index (χ0) is 33.0. The molecular formula is C36H29F3IN5O2. The largest absolute Gasteiger partial charge is 0.489 e. The summed E-state index contributed by atoms with van der Waals surface area (Å²) in [5.74, 6) is 0.552. The van der Waals surface area contributed by atoms with Crippen LogP contribution in [0, 0.1) is 20.8 Å². The predicted octanol–water partition coefficient (Wildman–Crippen LogP) is 8.29. The second kappa shape index (κ2) is 14.0. The van der Waals surface area contributed by atoms with Gasteiger partial charge in [0.05, 0.1) is 26.9 Å². The molecule has 1 atom stereocenters. The van der Waals surface area contributed by atoms with Crippen LogP contribution in [0.25, 0.3) is 5.69 Å². The maximum Gasteiger partial charge on any atom is 0.436 e. The molecule has 0 aliphatic heterocycles. The molecule has 5 aromatic rings. The van der Waals surface area contributed by atoms with E-state index in [0.29, 0.717) is 18.2 Å². The quantitative estimate of drug-likeness (QED) is 0.133. The molecule has 0 spiro atoms. The van der Waals surface area contributed by atoms with Crippen molar-refractivity contribution in [3.8, 4) is 17.5 Å². The summed E-state index contributed by atoms with van der Waals surface area (Å²) in [5.41, 5.74) is 2.22. The number of carbonyl (C=O) groups is 1. The lowest BCUT2D eigenvalue weighted by Gasteiger charge is -2.21. The summed E-state index contributed by atoms with van der Waals surface area (Å²) in [6, 6.07) is 32.7. The van der Waals surface area contributed by atoms with Crippen LogP contribution < -0.4 is 15.4 Å². The van der Waals surface area contributed by atoms with Crippen LogP contribution >= 0.6 is 22.6 Å². The third-order valence-electron chi connectivity index (χ3n) is 7.76. The van der Waals surface area contributed by atoms with Crippen LogP contribution in [0.3, 0.4) is 0 Å². The summed E-state index contributed by atoms with van der Waals surface area (Å²) >= 11 is 1.50. The lowest BCUT2D eigenvalue weighted by atomic mass is 9.97. The van der Waals surface area contributed by atoms with Gasteiger partial charge in [0.15, 0.2) is 5.69 Å². The maximum absolute atomic E-state index is 13.9. The first-order valence-electron chi connectivity index (χ1n) is 15.0. The van der Waals surface area contributed by atoms with Crippen molar-refractivity contribution in [2.75, 3.05) is 11.9 Å².